The van der Waals surface area contributed by atoms with Gasteiger partial charge in [-0.1, -0.05) is 42.5 Å². The van der Waals surface area contributed by atoms with Gasteiger partial charge >= 0.3 is 0 Å². The zero-order valence-corrected chi connectivity index (χ0v) is 15.0. The lowest BCUT2D eigenvalue weighted by Gasteiger charge is -2.25. The first-order chi connectivity index (χ1) is 12.7. The second-order valence-electron chi connectivity index (χ2n) is 6.50. The summed E-state index contributed by atoms with van der Waals surface area (Å²) < 4.78 is 5.21. The number of rotatable bonds is 7. The molecule has 26 heavy (non-hydrogen) atoms. The highest BCUT2D eigenvalue weighted by molar-refractivity contribution is 5.80. The minimum absolute atomic E-state index is 0.0706. The summed E-state index contributed by atoms with van der Waals surface area (Å²) in [5, 5.41) is 3.09. The van der Waals surface area contributed by atoms with Gasteiger partial charge in [-0.2, -0.15) is 0 Å². The van der Waals surface area contributed by atoms with E-state index in [1.807, 2.05) is 59.5 Å². The van der Waals surface area contributed by atoms with Crippen LogP contribution < -0.4 is 10.1 Å². The van der Waals surface area contributed by atoms with Gasteiger partial charge in [0.25, 0.3) is 0 Å². The molecule has 5 heteroatoms. The molecule has 0 aliphatic carbocycles. The van der Waals surface area contributed by atoms with E-state index in [1.54, 1.807) is 7.11 Å². The summed E-state index contributed by atoms with van der Waals surface area (Å²) in [6.45, 7) is 1.26. The average molecular weight is 352 g/mol. The highest BCUT2D eigenvalue weighted by Crippen LogP contribution is 2.19. The van der Waals surface area contributed by atoms with Crippen LogP contribution in [0.5, 0.6) is 5.75 Å². The third kappa shape index (κ3) is 4.63. The van der Waals surface area contributed by atoms with E-state index in [1.165, 1.54) is 0 Å². The molecular formula is C21H24N2O3. The van der Waals surface area contributed by atoms with Crippen LogP contribution in [-0.4, -0.2) is 36.9 Å². The second kappa shape index (κ2) is 8.52. The van der Waals surface area contributed by atoms with Gasteiger partial charge < -0.3 is 15.0 Å². The van der Waals surface area contributed by atoms with E-state index in [4.69, 9.17) is 4.74 Å². The van der Waals surface area contributed by atoms with Crippen molar-refractivity contribution in [3.8, 4) is 5.75 Å². The molecule has 2 amide bonds. The molecule has 1 saturated heterocycles. The Morgan fingerprint density at radius 1 is 1.19 bits per heavy atom. The maximum Gasteiger partial charge on any atom is 0.224 e. The van der Waals surface area contributed by atoms with Gasteiger partial charge in [0.1, 0.15) is 5.75 Å². The summed E-state index contributed by atoms with van der Waals surface area (Å²) in [4.78, 5) is 26.4. The molecule has 0 spiro atoms. The maximum atomic E-state index is 12.6. The van der Waals surface area contributed by atoms with Crippen molar-refractivity contribution < 1.29 is 14.3 Å². The standard InChI is InChI=1S/C21H24N2O3/c1-26-18-10-5-7-16(13-18)14-20(24)22-19(17-8-3-2-4-9-17)15-23-12-6-11-21(23)25/h2-5,7-10,13,19H,6,11-12,14-15H2,1H3,(H,22,24). The number of amides is 2. The van der Waals surface area contributed by atoms with Crippen LogP contribution >= 0.6 is 0 Å². The van der Waals surface area contributed by atoms with Gasteiger partial charge in [0.05, 0.1) is 19.6 Å². The minimum Gasteiger partial charge on any atom is -0.497 e. The van der Waals surface area contributed by atoms with Crippen LogP contribution in [0.15, 0.2) is 54.6 Å². The lowest BCUT2D eigenvalue weighted by molar-refractivity contribution is -0.129. The fraction of sp³-hybridized carbons (Fsp3) is 0.333. The van der Waals surface area contributed by atoms with Gasteiger partial charge in [-0.3, -0.25) is 9.59 Å². The Labute approximate surface area is 154 Å². The predicted molar refractivity (Wildman–Crippen MR) is 99.8 cm³/mol. The van der Waals surface area contributed by atoms with Crippen LogP contribution in [0.3, 0.4) is 0 Å². The Morgan fingerprint density at radius 2 is 2.00 bits per heavy atom. The molecule has 0 radical (unpaired) electrons. The Kier molecular flexibility index (Phi) is 5.89. The van der Waals surface area contributed by atoms with E-state index in [9.17, 15) is 9.59 Å². The van der Waals surface area contributed by atoms with Crippen molar-refractivity contribution in [1.29, 1.82) is 0 Å². The lowest BCUT2D eigenvalue weighted by atomic mass is 10.1. The van der Waals surface area contributed by atoms with Gasteiger partial charge in [0.2, 0.25) is 11.8 Å². The molecule has 0 bridgehead atoms. The molecule has 1 aliphatic heterocycles. The van der Waals surface area contributed by atoms with Crippen LogP contribution in [0.25, 0.3) is 0 Å². The van der Waals surface area contributed by atoms with Gasteiger partial charge in [-0.15, -0.1) is 0 Å². The van der Waals surface area contributed by atoms with Gasteiger partial charge in [0.15, 0.2) is 0 Å². The number of methoxy groups -OCH3 is 1. The van der Waals surface area contributed by atoms with E-state index in [2.05, 4.69) is 5.32 Å². The molecule has 5 nitrogen and oxygen atoms in total. The number of carbonyl (C=O) groups excluding carboxylic acids is 2. The first-order valence-electron chi connectivity index (χ1n) is 8.90. The largest absolute Gasteiger partial charge is 0.497 e. The van der Waals surface area contributed by atoms with Gasteiger partial charge in [0, 0.05) is 19.5 Å². The monoisotopic (exact) mass is 352 g/mol. The zero-order chi connectivity index (χ0) is 18.4. The van der Waals surface area contributed by atoms with E-state index >= 15 is 0 Å². The summed E-state index contributed by atoms with van der Waals surface area (Å²) in [6.07, 6.45) is 1.76. The van der Waals surface area contributed by atoms with Gasteiger partial charge in [-0.05, 0) is 29.7 Å². The van der Waals surface area contributed by atoms with E-state index < -0.39 is 0 Å². The van der Waals surface area contributed by atoms with Crippen molar-refractivity contribution in [3.05, 3.63) is 65.7 Å². The van der Waals surface area contributed by atoms with E-state index in [-0.39, 0.29) is 24.3 Å². The topological polar surface area (TPSA) is 58.6 Å². The fourth-order valence-electron chi connectivity index (χ4n) is 3.25. The molecule has 0 saturated carbocycles. The van der Waals surface area contributed by atoms with Gasteiger partial charge in [-0.25, -0.2) is 0 Å². The highest BCUT2D eigenvalue weighted by Gasteiger charge is 2.25. The molecular weight excluding hydrogens is 328 g/mol. The Balaban J connectivity index is 1.70. The molecule has 1 atom stereocenters. The molecule has 1 fully saturated rings. The third-order valence-electron chi connectivity index (χ3n) is 4.61. The number of likely N-dealkylation sites (tertiary alicyclic amines) is 1. The number of nitrogens with zero attached hydrogens (tertiary/aromatic N) is 1. The molecule has 2 aromatic carbocycles. The van der Waals surface area contributed by atoms with E-state index in [0.717, 1.165) is 29.8 Å². The van der Waals surface area contributed by atoms with Crippen molar-refractivity contribution in [2.75, 3.05) is 20.2 Å². The molecule has 2 aromatic rings. The Hall–Kier alpha value is -2.82. The fourth-order valence-corrected chi connectivity index (χ4v) is 3.25. The van der Waals surface area contributed by atoms with Crippen molar-refractivity contribution in [1.82, 2.24) is 10.2 Å². The van der Waals surface area contributed by atoms with Crippen molar-refractivity contribution in [2.24, 2.45) is 0 Å². The van der Waals surface area contributed by atoms with Crippen LogP contribution in [0.1, 0.15) is 30.0 Å². The highest BCUT2D eigenvalue weighted by atomic mass is 16.5. The first-order valence-corrected chi connectivity index (χ1v) is 8.90. The molecule has 1 unspecified atom stereocenters. The summed E-state index contributed by atoms with van der Waals surface area (Å²) >= 11 is 0. The first kappa shape index (κ1) is 18.0. The number of ether oxygens (including phenoxy) is 1. The molecule has 1 aliphatic rings. The predicted octanol–water partition coefficient (Wildman–Crippen LogP) is 2.72. The summed E-state index contributed by atoms with van der Waals surface area (Å²) in [6, 6.07) is 17.1. The quantitative estimate of drug-likeness (QED) is 0.833. The molecule has 0 aromatic heterocycles. The number of benzene rings is 2. The normalized spacial score (nSPS) is 15.0. The number of hydrogen-bond acceptors (Lipinski definition) is 3. The zero-order valence-electron chi connectivity index (χ0n) is 15.0. The van der Waals surface area contributed by atoms with Crippen molar-refractivity contribution in [3.63, 3.8) is 0 Å². The number of hydrogen-bond donors (Lipinski definition) is 1. The third-order valence-corrected chi connectivity index (χ3v) is 4.61. The van der Waals surface area contributed by atoms with Crippen molar-refractivity contribution in [2.45, 2.75) is 25.3 Å². The maximum absolute atomic E-state index is 12.6. The van der Waals surface area contributed by atoms with Crippen LogP contribution in [0.2, 0.25) is 0 Å². The summed E-state index contributed by atoms with van der Waals surface area (Å²) in [7, 11) is 1.61. The average Bonchev–Trinajstić information content (AvgIpc) is 3.06. The number of carbonyl (C=O) groups is 2. The molecule has 136 valence electrons. The van der Waals surface area contributed by atoms with Crippen LogP contribution in [-0.2, 0) is 16.0 Å². The molecule has 1 heterocycles. The van der Waals surface area contributed by atoms with Crippen LogP contribution in [0.4, 0.5) is 0 Å². The Morgan fingerprint density at radius 3 is 2.69 bits per heavy atom. The second-order valence-corrected chi connectivity index (χ2v) is 6.50. The molecule has 3 rings (SSSR count). The van der Waals surface area contributed by atoms with Crippen LogP contribution in [0, 0.1) is 0 Å². The lowest BCUT2D eigenvalue weighted by Crippen LogP contribution is -2.39. The smallest absolute Gasteiger partial charge is 0.224 e. The minimum atomic E-state index is -0.212. The van der Waals surface area contributed by atoms with Crippen molar-refractivity contribution >= 4 is 11.8 Å². The summed E-state index contributed by atoms with van der Waals surface area (Å²) in [5.74, 6) is 0.823. The van der Waals surface area contributed by atoms with E-state index in [0.29, 0.717) is 13.0 Å². The summed E-state index contributed by atoms with van der Waals surface area (Å²) in [5.41, 5.74) is 1.90. The number of nitrogens with one attached hydrogen (secondary N) is 1. The SMILES string of the molecule is COc1cccc(CC(=O)NC(CN2CCCC2=O)c2ccccc2)c1. The molecule has 1 N–H and O–H groups in total. The Bertz CT molecular complexity index is 761.